The van der Waals surface area contributed by atoms with Gasteiger partial charge in [-0.25, -0.2) is 9.38 Å². The van der Waals surface area contributed by atoms with Crippen molar-refractivity contribution in [2.75, 3.05) is 19.0 Å². The normalized spacial score (nSPS) is 14.7. The number of thioether (sulfide) groups is 1. The van der Waals surface area contributed by atoms with Crippen LogP contribution in [0.4, 0.5) is 0 Å². The maximum Gasteiger partial charge on any atom is 0.260 e. The molecule has 4 aromatic heterocycles. The number of nitrogens with zero attached hydrogens (tertiary/aromatic N) is 6. The number of aromatic nitrogens is 6. The Morgan fingerprint density at radius 3 is 2.82 bits per heavy atom. The van der Waals surface area contributed by atoms with Crippen LogP contribution in [0, 0.1) is 0 Å². The van der Waals surface area contributed by atoms with Crippen molar-refractivity contribution in [3.05, 3.63) is 16.8 Å². The monoisotopic (exact) mass is 418 g/mol. The van der Waals surface area contributed by atoms with Gasteiger partial charge in [0.15, 0.2) is 17.1 Å². The first-order valence-corrected chi connectivity index (χ1v) is 11.5. The summed E-state index contributed by atoms with van der Waals surface area (Å²) in [5, 5.41) is 15.3. The summed E-state index contributed by atoms with van der Waals surface area (Å²) in [6, 6.07) is 0. The fourth-order valence-corrected chi connectivity index (χ4v) is 6.15. The molecule has 10 heteroatoms. The van der Waals surface area contributed by atoms with Gasteiger partial charge in [-0.05, 0) is 45.1 Å². The van der Waals surface area contributed by atoms with Gasteiger partial charge in [0.1, 0.15) is 11.2 Å². The molecule has 0 saturated carbocycles. The van der Waals surface area contributed by atoms with E-state index in [1.54, 1.807) is 18.1 Å². The van der Waals surface area contributed by atoms with Gasteiger partial charge in [0.2, 0.25) is 0 Å². The van der Waals surface area contributed by atoms with Crippen molar-refractivity contribution in [2.24, 2.45) is 0 Å². The molecule has 0 saturated heterocycles. The van der Waals surface area contributed by atoms with Crippen LogP contribution in [0.2, 0.25) is 0 Å². The van der Waals surface area contributed by atoms with Gasteiger partial charge < -0.3 is 9.47 Å². The van der Waals surface area contributed by atoms with E-state index in [1.165, 1.54) is 33.5 Å². The molecule has 1 aliphatic rings. The van der Waals surface area contributed by atoms with E-state index in [-0.39, 0.29) is 6.29 Å². The largest absolute Gasteiger partial charge is 0.352 e. The number of thiophene rings is 1. The Balaban J connectivity index is 1.64. The molecule has 0 atom stereocenters. The van der Waals surface area contributed by atoms with Crippen molar-refractivity contribution in [1.29, 1.82) is 0 Å². The molecule has 4 aromatic rings. The van der Waals surface area contributed by atoms with Crippen molar-refractivity contribution >= 4 is 44.7 Å². The van der Waals surface area contributed by atoms with E-state index >= 15 is 0 Å². The number of hydrogen-bond donors (Lipinski definition) is 0. The number of hydrogen-bond acceptors (Lipinski definition) is 8. The molecule has 0 aromatic carbocycles. The SMILES string of the molecule is CCOC(CSc1nnc2n3ncnc3c3c4c(sc3n12)CCCC4)OCC. The number of rotatable bonds is 7. The highest BCUT2D eigenvalue weighted by molar-refractivity contribution is 7.99. The van der Waals surface area contributed by atoms with Gasteiger partial charge in [-0.2, -0.15) is 9.61 Å². The van der Waals surface area contributed by atoms with Crippen molar-refractivity contribution in [3.8, 4) is 0 Å². The molecule has 8 nitrogen and oxygen atoms in total. The quantitative estimate of drug-likeness (QED) is 0.336. The van der Waals surface area contributed by atoms with Gasteiger partial charge in [-0.15, -0.1) is 21.5 Å². The molecular weight excluding hydrogens is 396 g/mol. The third kappa shape index (κ3) is 2.90. The average Bonchev–Trinajstić information content (AvgIpc) is 3.41. The van der Waals surface area contributed by atoms with E-state index in [0.717, 1.165) is 23.6 Å². The molecule has 28 heavy (non-hydrogen) atoms. The highest BCUT2D eigenvalue weighted by Crippen LogP contribution is 2.39. The van der Waals surface area contributed by atoms with Crippen molar-refractivity contribution < 1.29 is 9.47 Å². The molecule has 5 rings (SSSR count). The summed E-state index contributed by atoms with van der Waals surface area (Å²) in [6.45, 7) is 5.19. The topological polar surface area (TPSA) is 78.8 Å². The highest BCUT2D eigenvalue weighted by Gasteiger charge is 2.25. The first kappa shape index (κ1) is 18.3. The maximum absolute atomic E-state index is 5.68. The van der Waals surface area contributed by atoms with Crippen LogP contribution in [0.15, 0.2) is 11.5 Å². The van der Waals surface area contributed by atoms with Gasteiger partial charge >= 0.3 is 0 Å². The molecule has 0 fully saturated rings. The number of aryl methyl sites for hydroxylation is 2. The van der Waals surface area contributed by atoms with E-state index in [1.807, 2.05) is 29.7 Å². The molecule has 0 amide bonds. The number of ether oxygens (including phenoxy) is 2. The Morgan fingerprint density at radius 1 is 1.18 bits per heavy atom. The van der Waals surface area contributed by atoms with Crippen LogP contribution in [-0.2, 0) is 22.3 Å². The Hall–Kier alpha value is -1.75. The Bertz CT molecular complexity index is 1130. The standard InChI is InChI=1S/C18H22N6O2S2/c1-3-25-13(26-4-2)9-27-18-22-21-17-23(18)16-14(15-19-10-20-24(15)17)11-7-5-6-8-12(11)28-16/h10,13H,3-9H2,1-2H3. The molecule has 148 valence electrons. The summed E-state index contributed by atoms with van der Waals surface area (Å²) in [7, 11) is 0. The summed E-state index contributed by atoms with van der Waals surface area (Å²) < 4.78 is 15.3. The first-order chi connectivity index (χ1) is 13.8. The van der Waals surface area contributed by atoms with E-state index in [9.17, 15) is 0 Å². The van der Waals surface area contributed by atoms with Crippen LogP contribution in [0.3, 0.4) is 0 Å². The second-order valence-corrected chi connectivity index (χ2v) is 8.73. The van der Waals surface area contributed by atoms with Crippen LogP contribution in [0.5, 0.6) is 0 Å². The third-order valence-corrected chi connectivity index (χ3v) is 7.22. The lowest BCUT2D eigenvalue weighted by Gasteiger charge is -2.15. The van der Waals surface area contributed by atoms with E-state index in [4.69, 9.17) is 9.47 Å². The fourth-order valence-electron chi connectivity index (χ4n) is 3.83. The van der Waals surface area contributed by atoms with Crippen molar-refractivity contribution in [3.63, 3.8) is 0 Å². The minimum absolute atomic E-state index is 0.255. The van der Waals surface area contributed by atoms with Crippen LogP contribution >= 0.6 is 23.1 Å². The van der Waals surface area contributed by atoms with Crippen LogP contribution in [-0.4, -0.2) is 54.5 Å². The van der Waals surface area contributed by atoms with Crippen molar-refractivity contribution in [2.45, 2.75) is 51.0 Å². The average molecular weight is 419 g/mol. The minimum atomic E-state index is -0.255. The Morgan fingerprint density at radius 2 is 2.00 bits per heavy atom. The molecule has 0 spiro atoms. The predicted molar refractivity (Wildman–Crippen MR) is 109 cm³/mol. The first-order valence-electron chi connectivity index (χ1n) is 9.68. The lowest BCUT2D eigenvalue weighted by molar-refractivity contribution is -0.120. The Labute approximate surface area is 170 Å². The van der Waals surface area contributed by atoms with Crippen LogP contribution < -0.4 is 0 Å². The lowest BCUT2D eigenvalue weighted by Crippen LogP contribution is -2.20. The van der Waals surface area contributed by atoms with E-state index < -0.39 is 0 Å². The highest BCUT2D eigenvalue weighted by atomic mass is 32.2. The van der Waals surface area contributed by atoms with Gasteiger partial charge in [0, 0.05) is 18.1 Å². The summed E-state index contributed by atoms with van der Waals surface area (Å²) in [4.78, 5) is 7.17. The summed E-state index contributed by atoms with van der Waals surface area (Å²) in [5.41, 5.74) is 2.31. The molecule has 0 radical (unpaired) electrons. The van der Waals surface area contributed by atoms with Crippen LogP contribution in [0.1, 0.15) is 37.1 Å². The number of fused-ring (bicyclic) bond motifs is 8. The molecular formula is C18H22N6O2S2. The van der Waals surface area contributed by atoms with Crippen LogP contribution in [0.25, 0.3) is 21.6 Å². The van der Waals surface area contributed by atoms with E-state index in [0.29, 0.717) is 24.7 Å². The molecule has 4 heterocycles. The lowest BCUT2D eigenvalue weighted by atomic mass is 9.97. The van der Waals surface area contributed by atoms with Gasteiger partial charge in [0.05, 0.1) is 11.1 Å². The summed E-state index contributed by atoms with van der Waals surface area (Å²) >= 11 is 3.45. The fraction of sp³-hybridized carbons (Fsp3) is 0.556. The zero-order chi connectivity index (χ0) is 19.1. The van der Waals surface area contributed by atoms with E-state index in [2.05, 4.69) is 24.7 Å². The minimum Gasteiger partial charge on any atom is -0.352 e. The third-order valence-electron chi connectivity index (χ3n) is 4.99. The van der Waals surface area contributed by atoms with Gasteiger partial charge in [-0.1, -0.05) is 11.8 Å². The molecule has 0 bridgehead atoms. The summed E-state index contributed by atoms with van der Waals surface area (Å²) in [5.74, 6) is 1.36. The van der Waals surface area contributed by atoms with Crippen molar-refractivity contribution in [1.82, 2.24) is 29.2 Å². The zero-order valence-electron chi connectivity index (χ0n) is 15.9. The maximum atomic E-state index is 5.68. The smallest absolute Gasteiger partial charge is 0.260 e. The Kier molecular flexibility index (Phi) is 4.95. The molecule has 0 aliphatic heterocycles. The van der Waals surface area contributed by atoms with Gasteiger partial charge in [0.25, 0.3) is 5.78 Å². The summed E-state index contributed by atoms with van der Waals surface area (Å²) in [6.07, 6.45) is 6.06. The zero-order valence-corrected chi connectivity index (χ0v) is 17.6. The molecule has 0 N–H and O–H groups in total. The molecule has 1 aliphatic carbocycles. The second-order valence-electron chi connectivity index (χ2n) is 6.66. The molecule has 0 unspecified atom stereocenters. The van der Waals surface area contributed by atoms with Gasteiger partial charge in [-0.3, -0.25) is 0 Å². The predicted octanol–water partition coefficient (Wildman–Crippen LogP) is 3.36. The second kappa shape index (κ2) is 7.58.